The largest absolute Gasteiger partial charge is 0.494 e. The van der Waals surface area contributed by atoms with E-state index in [-0.39, 0.29) is 30.3 Å². The number of hydrogen-bond donors (Lipinski definition) is 1. The van der Waals surface area contributed by atoms with Gasteiger partial charge in [0.2, 0.25) is 5.91 Å². The second kappa shape index (κ2) is 8.37. The average Bonchev–Trinajstić information content (AvgIpc) is 2.60. The summed E-state index contributed by atoms with van der Waals surface area (Å²) >= 11 is 0. The van der Waals surface area contributed by atoms with Gasteiger partial charge in [-0.15, -0.1) is 0 Å². The Morgan fingerprint density at radius 3 is 2.36 bits per heavy atom. The van der Waals surface area contributed by atoms with Crippen LogP contribution in [0, 0.1) is 11.6 Å². The molecule has 0 aliphatic rings. The maximum Gasteiger partial charge on any atom is 0.220 e. The second-order valence-electron chi connectivity index (χ2n) is 5.61. The number of methoxy groups -OCH3 is 1. The van der Waals surface area contributed by atoms with Crippen LogP contribution in [0.5, 0.6) is 5.75 Å². The van der Waals surface area contributed by atoms with Crippen LogP contribution in [0.15, 0.2) is 42.5 Å². The van der Waals surface area contributed by atoms with Gasteiger partial charge in [-0.05, 0) is 48.9 Å². The molecule has 6 heteroatoms. The van der Waals surface area contributed by atoms with Crippen LogP contribution >= 0.6 is 0 Å². The van der Waals surface area contributed by atoms with Gasteiger partial charge in [0.15, 0.2) is 17.3 Å². The molecule has 0 unspecified atom stereocenters. The Kier molecular flexibility index (Phi) is 6.22. The lowest BCUT2D eigenvalue weighted by Gasteiger charge is -2.15. The molecule has 1 atom stereocenters. The van der Waals surface area contributed by atoms with Gasteiger partial charge in [-0.25, -0.2) is 8.78 Å². The molecule has 132 valence electrons. The van der Waals surface area contributed by atoms with Crippen LogP contribution in [-0.2, 0) is 4.79 Å². The van der Waals surface area contributed by atoms with Crippen LogP contribution in [0.4, 0.5) is 8.78 Å². The lowest BCUT2D eigenvalue weighted by atomic mass is 10.1. The molecule has 0 radical (unpaired) electrons. The van der Waals surface area contributed by atoms with Gasteiger partial charge in [-0.1, -0.05) is 6.07 Å². The first-order valence-electron chi connectivity index (χ1n) is 7.82. The number of hydrogen-bond acceptors (Lipinski definition) is 3. The van der Waals surface area contributed by atoms with E-state index >= 15 is 0 Å². The van der Waals surface area contributed by atoms with Crippen LogP contribution < -0.4 is 10.1 Å². The van der Waals surface area contributed by atoms with Gasteiger partial charge in [0.1, 0.15) is 5.82 Å². The van der Waals surface area contributed by atoms with Crippen LogP contribution in [0.2, 0.25) is 0 Å². The number of carbonyl (C=O) groups excluding carboxylic acids is 2. The van der Waals surface area contributed by atoms with Crippen molar-refractivity contribution in [3.05, 3.63) is 65.2 Å². The second-order valence-corrected chi connectivity index (χ2v) is 5.61. The van der Waals surface area contributed by atoms with Crippen molar-refractivity contribution >= 4 is 11.7 Å². The van der Waals surface area contributed by atoms with Gasteiger partial charge in [-0.3, -0.25) is 9.59 Å². The first-order chi connectivity index (χ1) is 11.9. The number of nitrogens with one attached hydrogen (secondary N) is 1. The standard InChI is InChI=1S/C19H19F2NO3/c1-12(14-5-9-18(25-2)16(21)11-14)22-19(24)10-8-17(23)13-3-6-15(20)7-4-13/h3-7,9,11-12H,8,10H2,1-2H3,(H,22,24)/t12-/m1/s1. The fraction of sp³-hybridized carbons (Fsp3) is 0.263. The summed E-state index contributed by atoms with van der Waals surface area (Å²) in [5, 5.41) is 2.72. The quantitative estimate of drug-likeness (QED) is 0.775. The molecule has 4 nitrogen and oxygen atoms in total. The van der Waals surface area contributed by atoms with Crippen LogP contribution in [0.25, 0.3) is 0 Å². The minimum Gasteiger partial charge on any atom is -0.494 e. The van der Waals surface area contributed by atoms with E-state index < -0.39 is 17.7 Å². The monoisotopic (exact) mass is 347 g/mol. The van der Waals surface area contributed by atoms with Gasteiger partial charge in [0.25, 0.3) is 0 Å². The third-order valence-corrected chi connectivity index (χ3v) is 3.80. The summed E-state index contributed by atoms with van der Waals surface area (Å²) in [6.45, 7) is 1.72. The molecule has 1 N–H and O–H groups in total. The third-order valence-electron chi connectivity index (χ3n) is 3.80. The van der Waals surface area contributed by atoms with Crippen molar-refractivity contribution in [2.45, 2.75) is 25.8 Å². The van der Waals surface area contributed by atoms with E-state index in [4.69, 9.17) is 4.74 Å². The number of halogens is 2. The maximum absolute atomic E-state index is 13.7. The van der Waals surface area contributed by atoms with Crippen molar-refractivity contribution < 1.29 is 23.1 Å². The molecule has 0 saturated carbocycles. The van der Waals surface area contributed by atoms with Crippen LogP contribution in [-0.4, -0.2) is 18.8 Å². The smallest absolute Gasteiger partial charge is 0.220 e. The van der Waals surface area contributed by atoms with Crippen molar-refractivity contribution in [3.63, 3.8) is 0 Å². The summed E-state index contributed by atoms with van der Waals surface area (Å²) < 4.78 is 31.4. The highest BCUT2D eigenvalue weighted by molar-refractivity contribution is 5.97. The third kappa shape index (κ3) is 5.11. The molecule has 0 aliphatic carbocycles. The molecule has 0 spiro atoms. The van der Waals surface area contributed by atoms with Crippen molar-refractivity contribution in [2.75, 3.05) is 7.11 Å². The number of benzene rings is 2. The predicted molar refractivity (Wildman–Crippen MR) is 89.5 cm³/mol. The van der Waals surface area contributed by atoms with Crippen LogP contribution in [0.1, 0.15) is 41.7 Å². The number of ether oxygens (including phenoxy) is 1. The summed E-state index contributed by atoms with van der Waals surface area (Å²) in [7, 11) is 1.38. The Bertz CT molecular complexity index is 760. The van der Waals surface area contributed by atoms with Gasteiger partial charge in [0, 0.05) is 18.4 Å². The van der Waals surface area contributed by atoms with Crippen molar-refractivity contribution in [1.82, 2.24) is 5.32 Å². The molecule has 0 aliphatic heterocycles. The number of amides is 1. The van der Waals surface area contributed by atoms with Crippen LogP contribution in [0.3, 0.4) is 0 Å². The molecular weight excluding hydrogens is 328 g/mol. The number of rotatable bonds is 7. The van der Waals surface area contributed by atoms with Gasteiger partial charge in [0.05, 0.1) is 13.2 Å². The summed E-state index contributed by atoms with van der Waals surface area (Å²) in [5.41, 5.74) is 0.955. The zero-order valence-corrected chi connectivity index (χ0v) is 14.0. The Morgan fingerprint density at radius 1 is 1.08 bits per heavy atom. The average molecular weight is 347 g/mol. The molecule has 0 heterocycles. The molecule has 0 bridgehead atoms. The fourth-order valence-electron chi connectivity index (χ4n) is 2.36. The van der Waals surface area contributed by atoms with Crippen molar-refractivity contribution in [1.29, 1.82) is 0 Å². The normalized spacial score (nSPS) is 11.7. The predicted octanol–water partition coefficient (Wildman–Crippen LogP) is 3.81. The Hall–Kier alpha value is -2.76. The SMILES string of the molecule is COc1ccc([C@@H](C)NC(=O)CCC(=O)c2ccc(F)cc2)cc1F. The highest BCUT2D eigenvalue weighted by Gasteiger charge is 2.14. The Morgan fingerprint density at radius 2 is 1.76 bits per heavy atom. The summed E-state index contributed by atoms with van der Waals surface area (Å²) in [4.78, 5) is 23.9. The number of carbonyl (C=O) groups is 2. The zero-order valence-electron chi connectivity index (χ0n) is 14.0. The van der Waals surface area contributed by atoms with E-state index in [0.29, 0.717) is 11.1 Å². The number of Topliss-reactive ketones (excluding diaryl/α,β-unsaturated/α-hetero) is 1. The summed E-state index contributed by atoms with van der Waals surface area (Å²) in [6, 6.07) is 9.22. The van der Waals surface area contributed by atoms with E-state index in [9.17, 15) is 18.4 Å². The molecule has 0 fully saturated rings. The molecule has 2 aromatic rings. The fourth-order valence-corrected chi connectivity index (χ4v) is 2.36. The van der Waals surface area contributed by atoms with Crippen molar-refractivity contribution in [3.8, 4) is 5.75 Å². The molecule has 0 saturated heterocycles. The highest BCUT2D eigenvalue weighted by atomic mass is 19.1. The number of ketones is 1. The Labute approximate surface area is 144 Å². The molecule has 2 aromatic carbocycles. The van der Waals surface area contributed by atoms with Gasteiger partial charge >= 0.3 is 0 Å². The van der Waals surface area contributed by atoms with E-state index in [1.807, 2.05) is 0 Å². The molecule has 25 heavy (non-hydrogen) atoms. The topological polar surface area (TPSA) is 55.4 Å². The molecule has 2 rings (SSSR count). The summed E-state index contributed by atoms with van der Waals surface area (Å²) in [5.74, 6) is -1.35. The molecule has 1 amide bonds. The van der Waals surface area contributed by atoms with E-state index in [0.717, 1.165) is 0 Å². The molecule has 0 aromatic heterocycles. The first-order valence-corrected chi connectivity index (χ1v) is 7.82. The van der Waals surface area contributed by atoms with E-state index in [1.54, 1.807) is 13.0 Å². The van der Waals surface area contributed by atoms with Gasteiger partial charge < -0.3 is 10.1 Å². The van der Waals surface area contributed by atoms with E-state index in [2.05, 4.69) is 5.32 Å². The van der Waals surface area contributed by atoms with Crippen molar-refractivity contribution in [2.24, 2.45) is 0 Å². The minimum atomic E-state index is -0.507. The first kappa shape index (κ1) is 18.6. The molecular formula is C19H19F2NO3. The maximum atomic E-state index is 13.7. The Balaban J connectivity index is 1.88. The van der Waals surface area contributed by atoms with Gasteiger partial charge in [-0.2, -0.15) is 0 Å². The minimum absolute atomic E-state index is 0.000807. The highest BCUT2D eigenvalue weighted by Crippen LogP contribution is 2.21. The lowest BCUT2D eigenvalue weighted by Crippen LogP contribution is -2.27. The summed E-state index contributed by atoms with van der Waals surface area (Å²) in [6.07, 6.45) is 0.0142. The van der Waals surface area contributed by atoms with E-state index in [1.165, 1.54) is 43.5 Å². The lowest BCUT2D eigenvalue weighted by molar-refractivity contribution is -0.121. The zero-order chi connectivity index (χ0) is 18.4.